The first kappa shape index (κ1) is 45.3. The van der Waals surface area contributed by atoms with E-state index in [0.29, 0.717) is 51.7 Å². The number of ether oxygens (including phenoxy) is 7. The minimum absolute atomic E-state index is 0.00231. The van der Waals surface area contributed by atoms with Crippen molar-refractivity contribution in [3.05, 3.63) is 80.9 Å². The van der Waals surface area contributed by atoms with Gasteiger partial charge in [0.05, 0.1) is 60.5 Å². The van der Waals surface area contributed by atoms with Crippen LogP contribution in [0.4, 0.5) is 11.4 Å². The van der Waals surface area contributed by atoms with Crippen LogP contribution in [0.15, 0.2) is 49.6 Å². The standard InChI is InChI=1S/C38H48N2O15/c1-7-37(43)54-25(3)29-21-33(49-5)35(23-31(29)39(45)46)52-19-11-15-27(41)13-9-17-51-18-10-14-28(42)16-12-20-53-36-24-32(40(47)48)30(22-34(36)50-6)26(4)55-38(44)8-2/h7-8,21-26H,1-2,9-20H2,3-6H3. The molecule has 0 saturated carbocycles. The molecule has 0 fully saturated rings. The Morgan fingerprint density at radius 1 is 0.618 bits per heavy atom. The van der Waals surface area contributed by atoms with Crippen LogP contribution in [0.2, 0.25) is 0 Å². The van der Waals surface area contributed by atoms with E-state index in [1.54, 1.807) is 0 Å². The summed E-state index contributed by atoms with van der Waals surface area (Å²) < 4.78 is 37.8. The van der Waals surface area contributed by atoms with Gasteiger partial charge in [-0.1, -0.05) is 13.2 Å². The van der Waals surface area contributed by atoms with Gasteiger partial charge in [-0.2, -0.15) is 0 Å². The lowest BCUT2D eigenvalue weighted by Crippen LogP contribution is -2.10. The fraction of sp³-hybridized carbons (Fsp3) is 0.474. The molecule has 2 atom stereocenters. The quantitative estimate of drug-likeness (QED) is 0.0284. The molecule has 55 heavy (non-hydrogen) atoms. The average Bonchev–Trinajstić information content (AvgIpc) is 3.16. The van der Waals surface area contributed by atoms with Crippen LogP contribution in [0.25, 0.3) is 0 Å². The molecule has 17 heteroatoms. The SMILES string of the molecule is C=CC(=O)OC(C)c1cc(OC)c(OCCCC(=O)CCCOCCCC(=O)CCCOc2cc([N+](=O)[O-])c(C(C)OC(=O)C=C)cc2OC)cc1[N+](=O)[O-]. The van der Waals surface area contributed by atoms with Gasteiger partial charge in [0.15, 0.2) is 23.0 Å². The van der Waals surface area contributed by atoms with Gasteiger partial charge >= 0.3 is 11.9 Å². The summed E-state index contributed by atoms with van der Waals surface area (Å²) in [5.41, 5.74) is -0.385. The third-order valence-electron chi connectivity index (χ3n) is 8.02. The van der Waals surface area contributed by atoms with Crippen molar-refractivity contribution in [2.24, 2.45) is 0 Å². The van der Waals surface area contributed by atoms with Crippen molar-refractivity contribution >= 4 is 34.9 Å². The van der Waals surface area contributed by atoms with Crippen molar-refractivity contribution in [1.29, 1.82) is 0 Å². The van der Waals surface area contributed by atoms with Crippen molar-refractivity contribution in [3.8, 4) is 23.0 Å². The molecule has 0 radical (unpaired) electrons. The van der Waals surface area contributed by atoms with Crippen LogP contribution >= 0.6 is 0 Å². The second kappa shape index (κ2) is 23.7. The predicted octanol–water partition coefficient (Wildman–Crippen LogP) is 6.83. The fourth-order valence-electron chi connectivity index (χ4n) is 5.21. The van der Waals surface area contributed by atoms with Crippen molar-refractivity contribution in [3.63, 3.8) is 0 Å². The summed E-state index contributed by atoms with van der Waals surface area (Å²) in [6.07, 6.45) is 2.83. The number of Topliss-reactive ketones (excluding diaryl/α,β-unsaturated/α-hetero) is 2. The van der Waals surface area contributed by atoms with E-state index in [4.69, 9.17) is 33.2 Å². The highest BCUT2D eigenvalue weighted by molar-refractivity contribution is 5.82. The van der Waals surface area contributed by atoms with Crippen molar-refractivity contribution in [1.82, 2.24) is 0 Å². The largest absolute Gasteiger partial charge is 0.493 e. The predicted molar refractivity (Wildman–Crippen MR) is 197 cm³/mol. The van der Waals surface area contributed by atoms with Crippen LogP contribution < -0.4 is 18.9 Å². The molecule has 0 bridgehead atoms. The molecule has 0 spiro atoms. The third kappa shape index (κ3) is 15.2. The molecule has 2 aromatic carbocycles. The summed E-state index contributed by atoms with van der Waals surface area (Å²) >= 11 is 0. The Kier molecular flexibility index (Phi) is 19.6. The molecule has 2 rings (SSSR count). The van der Waals surface area contributed by atoms with E-state index < -0.39 is 34.0 Å². The number of nitrogens with zero attached hydrogens (tertiary/aromatic N) is 2. The van der Waals surface area contributed by atoms with Crippen LogP contribution in [0.5, 0.6) is 23.0 Å². The Balaban J connectivity index is 1.66. The second-order valence-corrected chi connectivity index (χ2v) is 12.0. The smallest absolute Gasteiger partial charge is 0.330 e. The lowest BCUT2D eigenvalue weighted by molar-refractivity contribution is -0.386. The summed E-state index contributed by atoms with van der Waals surface area (Å²) in [5, 5.41) is 23.4. The number of methoxy groups -OCH3 is 2. The number of hydrogen-bond donors (Lipinski definition) is 0. The van der Waals surface area contributed by atoms with E-state index in [9.17, 15) is 39.4 Å². The Morgan fingerprint density at radius 3 is 1.27 bits per heavy atom. The zero-order chi connectivity index (χ0) is 40.9. The van der Waals surface area contributed by atoms with Gasteiger partial charge in [-0.05, 0) is 51.7 Å². The molecule has 2 aromatic rings. The highest BCUT2D eigenvalue weighted by Gasteiger charge is 2.27. The zero-order valence-corrected chi connectivity index (χ0v) is 31.5. The maximum atomic E-state index is 12.3. The van der Waals surface area contributed by atoms with Gasteiger partial charge < -0.3 is 33.2 Å². The molecule has 300 valence electrons. The highest BCUT2D eigenvalue weighted by atomic mass is 16.6. The van der Waals surface area contributed by atoms with Gasteiger partial charge in [-0.25, -0.2) is 9.59 Å². The Morgan fingerprint density at radius 2 is 0.964 bits per heavy atom. The Hall–Kier alpha value is -5.84. The van der Waals surface area contributed by atoms with E-state index in [2.05, 4.69) is 13.2 Å². The van der Waals surface area contributed by atoms with Crippen LogP contribution in [-0.4, -0.2) is 74.0 Å². The fourth-order valence-corrected chi connectivity index (χ4v) is 5.21. The van der Waals surface area contributed by atoms with Gasteiger partial charge in [0.1, 0.15) is 23.8 Å². The molecule has 0 N–H and O–H groups in total. The van der Waals surface area contributed by atoms with Gasteiger partial charge in [-0.3, -0.25) is 29.8 Å². The number of nitro groups is 2. The summed E-state index contributed by atoms with van der Waals surface area (Å²) in [5.74, 6) is -0.812. The first-order valence-corrected chi connectivity index (χ1v) is 17.5. The van der Waals surface area contributed by atoms with Gasteiger partial charge in [0.25, 0.3) is 11.4 Å². The van der Waals surface area contributed by atoms with Crippen molar-refractivity contribution < 1.29 is 62.2 Å². The van der Waals surface area contributed by atoms with E-state index in [1.807, 2.05) is 0 Å². The van der Waals surface area contributed by atoms with E-state index in [1.165, 1.54) is 52.3 Å². The molecule has 0 aliphatic carbocycles. The number of carbonyl (C=O) groups is 4. The number of benzene rings is 2. The average molecular weight is 773 g/mol. The normalized spacial score (nSPS) is 11.7. The van der Waals surface area contributed by atoms with E-state index in [-0.39, 0.29) is 83.1 Å². The lowest BCUT2D eigenvalue weighted by atomic mass is 10.1. The molecule has 0 saturated heterocycles. The molecule has 0 aliphatic heterocycles. The van der Waals surface area contributed by atoms with Crippen LogP contribution in [0.1, 0.15) is 88.5 Å². The summed E-state index contributed by atoms with van der Waals surface area (Å²) in [6.45, 7) is 10.5. The van der Waals surface area contributed by atoms with Crippen LogP contribution in [0.3, 0.4) is 0 Å². The van der Waals surface area contributed by atoms with Crippen LogP contribution in [0, 0.1) is 20.2 Å². The van der Waals surface area contributed by atoms with Gasteiger partial charge in [0.2, 0.25) is 0 Å². The molecular formula is C38H48N2O15. The monoisotopic (exact) mass is 772 g/mol. The number of hydrogen-bond acceptors (Lipinski definition) is 15. The number of ketones is 2. The topological polar surface area (TPSA) is 219 Å². The van der Waals surface area contributed by atoms with Gasteiger partial charge in [-0.15, -0.1) is 0 Å². The molecule has 0 heterocycles. The minimum Gasteiger partial charge on any atom is -0.493 e. The zero-order valence-electron chi connectivity index (χ0n) is 31.5. The van der Waals surface area contributed by atoms with Crippen molar-refractivity contribution in [2.75, 3.05) is 40.6 Å². The first-order valence-electron chi connectivity index (χ1n) is 17.5. The molecule has 0 aromatic heterocycles. The Bertz CT molecular complexity index is 1570. The van der Waals surface area contributed by atoms with Crippen LogP contribution in [-0.2, 0) is 33.4 Å². The second-order valence-electron chi connectivity index (χ2n) is 12.0. The molecule has 17 nitrogen and oxygen atoms in total. The Labute approximate surface area is 318 Å². The third-order valence-corrected chi connectivity index (χ3v) is 8.02. The van der Waals surface area contributed by atoms with E-state index in [0.717, 1.165) is 12.2 Å². The van der Waals surface area contributed by atoms with Gasteiger partial charge in [0, 0.05) is 51.0 Å². The molecule has 0 amide bonds. The summed E-state index contributed by atoms with van der Waals surface area (Å²) in [6, 6.07) is 5.14. The number of rotatable bonds is 28. The molecule has 2 unspecified atom stereocenters. The summed E-state index contributed by atoms with van der Waals surface area (Å²) in [7, 11) is 2.74. The van der Waals surface area contributed by atoms with E-state index >= 15 is 0 Å². The molecule has 0 aliphatic rings. The lowest BCUT2D eigenvalue weighted by Gasteiger charge is -2.16. The maximum absolute atomic E-state index is 12.3. The van der Waals surface area contributed by atoms with Crippen molar-refractivity contribution in [2.45, 2.75) is 77.4 Å². The minimum atomic E-state index is -0.941. The summed E-state index contributed by atoms with van der Waals surface area (Å²) in [4.78, 5) is 70.0. The number of esters is 2. The number of nitro benzene ring substituents is 2. The molecular weight excluding hydrogens is 724 g/mol. The maximum Gasteiger partial charge on any atom is 0.330 e. The number of carbonyl (C=O) groups excluding carboxylic acids is 4. The first-order chi connectivity index (χ1) is 26.3. The highest BCUT2D eigenvalue weighted by Crippen LogP contribution is 2.40.